The van der Waals surface area contributed by atoms with Gasteiger partial charge in [-0.15, -0.1) is 0 Å². The summed E-state index contributed by atoms with van der Waals surface area (Å²) in [4.78, 5) is 53.5. The molecule has 10 heteroatoms. The fraction of sp³-hybridized carbons (Fsp3) is 0.304. The third-order valence-corrected chi connectivity index (χ3v) is 6.94. The van der Waals surface area contributed by atoms with E-state index in [9.17, 15) is 19.2 Å². The average Bonchev–Trinajstić information content (AvgIpc) is 3.37. The van der Waals surface area contributed by atoms with Crippen molar-refractivity contribution in [3.05, 3.63) is 53.1 Å². The summed E-state index contributed by atoms with van der Waals surface area (Å²) in [5.74, 6) is -3.56. The molecule has 3 heterocycles. The van der Waals surface area contributed by atoms with Gasteiger partial charge in [0.15, 0.2) is 0 Å². The summed E-state index contributed by atoms with van der Waals surface area (Å²) in [5.41, 5.74) is 5.28. The molecular formula is C23H21ClN4O5. The number of nitrogens with two attached hydrogens (primary N) is 1. The number of para-hydroxylation sites is 1. The van der Waals surface area contributed by atoms with Crippen LogP contribution in [0, 0.1) is 11.8 Å². The lowest BCUT2D eigenvalue weighted by Gasteiger charge is -2.29. The van der Waals surface area contributed by atoms with Crippen LogP contribution in [0.2, 0.25) is 5.02 Å². The number of rotatable bonds is 5. The highest BCUT2D eigenvalue weighted by molar-refractivity contribution is 6.32. The fourth-order valence-corrected chi connectivity index (χ4v) is 5.55. The van der Waals surface area contributed by atoms with E-state index in [0.717, 1.165) is 4.90 Å². The summed E-state index contributed by atoms with van der Waals surface area (Å²) in [6, 6.07) is 11.1. The van der Waals surface area contributed by atoms with Gasteiger partial charge < -0.3 is 15.8 Å². The third-order valence-electron chi connectivity index (χ3n) is 6.71. The molecule has 170 valence electrons. The quantitative estimate of drug-likeness (QED) is 0.570. The summed E-state index contributed by atoms with van der Waals surface area (Å²) in [6.07, 6.45) is 0.204. The molecule has 4 atom stereocenters. The van der Waals surface area contributed by atoms with E-state index < -0.39 is 47.0 Å². The van der Waals surface area contributed by atoms with E-state index in [-0.39, 0.29) is 18.5 Å². The average molecular weight is 469 g/mol. The third kappa shape index (κ3) is 2.96. The van der Waals surface area contributed by atoms with Gasteiger partial charge in [-0.3, -0.25) is 24.5 Å². The van der Waals surface area contributed by atoms with E-state index >= 15 is 0 Å². The molecule has 33 heavy (non-hydrogen) atoms. The molecule has 2 fully saturated rings. The lowest BCUT2D eigenvalue weighted by atomic mass is 9.76. The van der Waals surface area contributed by atoms with Gasteiger partial charge in [0.2, 0.25) is 23.6 Å². The highest BCUT2D eigenvalue weighted by Crippen LogP contribution is 2.54. The van der Waals surface area contributed by atoms with E-state index in [1.165, 1.54) is 13.2 Å². The van der Waals surface area contributed by atoms with Gasteiger partial charge in [0, 0.05) is 28.7 Å². The highest BCUT2D eigenvalue weighted by Gasteiger charge is 2.70. The molecule has 0 saturated carbocycles. The first kappa shape index (κ1) is 21.4. The van der Waals surface area contributed by atoms with Crippen molar-refractivity contribution in [2.24, 2.45) is 17.6 Å². The molecule has 0 aromatic heterocycles. The maximum atomic E-state index is 13.9. The highest BCUT2D eigenvalue weighted by atomic mass is 35.5. The monoisotopic (exact) mass is 468 g/mol. The van der Waals surface area contributed by atoms with Gasteiger partial charge in [-0.2, -0.15) is 0 Å². The van der Waals surface area contributed by atoms with Gasteiger partial charge in [0.1, 0.15) is 11.3 Å². The van der Waals surface area contributed by atoms with Crippen LogP contribution >= 0.6 is 11.6 Å². The zero-order valence-electron chi connectivity index (χ0n) is 17.6. The van der Waals surface area contributed by atoms with Crippen molar-refractivity contribution in [1.82, 2.24) is 5.32 Å². The normalized spacial score (nSPS) is 27.6. The number of methoxy groups -OCH3 is 1. The number of fused-ring (bicyclic) bond motifs is 4. The van der Waals surface area contributed by atoms with Crippen molar-refractivity contribution in [1.29, 1.82) is 0 Å². The standard InChI is InChI=1S/C23H21ClN4O5/c1-33-16-8-6-11(24)10-15(16)28-20(30)18-14(7-9-17(25)29)27-23(19(18)21(28)31)12-4-2-3-5-13(12)26-22(23)32/h2-6,8,10,14,18-19,27H,7,9H2,1H3,(H2,25,29)(H,26,32)/t14-,18-,19-,23-/m0/s1. The second-order valence-electron chi connectivity index (χ2n) is 8.40. The summed E-state index contributed by atoms with van der Waals surface area (Å²) in [5, 5.41) is 6.41. The Hall–Kier alpha value is -3.43. The van der Waals surface area contributed by atoms with E-state index in [1.54, 1.807) is 36.4 Å². The van der Waals surface area contributed by atoms with Gasteiger partial charge in [-0.05, 0) is 30.7 Å². The predicted octanol–water partition coefficient (Wildman–Crippen LogP) is 1.54. The first-order chi connectivity index (χ1) is 15.8. The second-order valence-corrected chi connectivity index (χ2v) is 8.83. The van der Waals surface area contributed by atoms with Gasteiger partial charge in [0.25, 0.3) is 0 Å². The summed E-state index contributed by atoms with van der Waals surface area (Å²) in [6.45, 7) is 0. The number of amides is 4. The number of hydrogen-bond acceptors (Lipinski definition) is 6. The van der Waals surface area contributed by atoms with Crippen LogP contribution in [0.25, 0.3) is 0 Å². The molecule has 1 spiro atoms. The molecule has 4 N–H and O–H groups in total. The SMILES string of the molecule is COc1ccc(Cl)cc1N1C(=O)[C@H]2[C@H](CCC(N)=O)N[C@]3(C(=O)Nc4ccccc43)[C@@H]2C1=O. The van der Waals surface area contributed by atoms with Crippen molar-refractivity contribution in [3.63, 3.8) is 0 Å². The number of primary amides is 1. The van der Waals surface area contributed by atoms with Crippen molar-refractivity contribution in [2.45, 2.75) is 24.4 Å². The number of nitrogens with one attached hydrogen (secondary N) is 2. The maximum Gasteiger partial charge on any atom is 0.250 e. The largest absolute Gasteiger partial charge is 0.495 e. The Balaban J connectivity index is 1.66. The lowest BCUT2D eigenvalue weighted by molar-refractivity contribution is -0.130. The molecule has 2 aromatic rings. The molecule has 0 aliphatic carbocycles. The van der Waals surface area contributed by atoms with Crippen LogP contribution in [0.1, 0.15) is 18.4 Å². The number of hydrogen-bond donors (Lipinski definition) is 3. The van der Waals surface area contributed by atoms with Gasteiger partial charge >= 0.3 is 0 Å². The number of halogens is 1. The summed E-state index contributed by atoms with van der Waals surface area (Å²) in [7, 11) is 1.43. The maximum absolute atomic E-state index is 13.9. The van der Waals surface area contributed by atoms with E-state index in [0.29, 0.717) is 22.0 Å². The molecule has 5 rings (SSSR count). The number of benzene rings is 2. The van der Waals surface area contributed by atoms with Crippen LogP contribution in [-0.4, -0.2) is 36.8 Å². The molecule has 3 aliphatic heterocycles. The number of nitrogens with zero attached hydrogens (tertiary/aromatic N) is 1. The van der Waals surface area contributed by atoms with E-state index in [1.807, 2.05) is 0 Å². The van der Waals surface area contributed by atoms with Crippen molar-refractivity contribution in [3.8, 4) is 5.75 Å². The Bertz CT molecular complexity index is 1220. The van der Waals surface area contributed by atoms with Crippen LogP contribution in [0.15, 0.2) is 42.5 Å². The first-order valence-electron chi connectivity index (χ1n) is 10.5. The Morgan fingerprint density at radius 1 is 1.18 bits per heavy atom. The van der Waals surface area contributed by atoms with Gasteiger partial charge in [-0.25, -0.2) is 4.90 Å². The summed E-state index contributed by atoms with van der Waals surface area (Å²) >= 11 is 6.16. The Kier molecular flexibility index (Phi) is 4.91. The lowest BCUT2D eigenvalue weighted by Crippen LogP contribution is -2.53. The minimum atomic E-state index is -1.45. The molecule has 4 amide bonds. The molecule has 2 aromatic carbocycles. The minimum absolute atomic E-state index is 0.00217. The van der Waals surface area contributed by atoms with Crippen LogP contribution in [0.5, 0.6) is 5.75 Å². The Labute approximate surface area is 194 Å². The Morgan fingerprint density at radius 3 is 2.67 bits per heavy atom. The molecule has 9 nitrogen and oxygen atoms in total. The topological polar surface area (TPSA) is 131 Å². The van der Waals surface area contributed by atoms with E-state index in [2.05, 4.69) is 10.6 Å². The number of ether oxygens (including phenoxy) is 1. The summed E-state index contributed by atoms with van der Waals surface area (Å²) < 4.78 is 5.37. The van der Waals surface area contributed by atoms with Crippen LogP contribution in [-0.2, 0) is 24.7 Å². The molecule has 2 saturated heterocycles. The zero-order chi connectivity index (χ0) is 23.5. The smallest absolute Gasteiger partial charge is 0.250 e. The van der Waals surface area contributed by atoms with Crippen LogP contribution in [0.4, 0.5) is 11.4 Å². The molecule has 3 aliphatic rings. The van der Waals surface area contributed by atoms with Crippen molar-refractivity contribution >= 4 is 46.6 Å². The molecule has 0 radical (unpaired) electrons. The minimum Gasteiger partial charge on any atom is -0.495 e. The van der Waals surface area contributed by atoms with Crippen LogP contribution < -0.4 is 26.0 Å². The van der Waals surface area contributed by atoms with Crippen molar-refractivity contribution in [2.75, 3.05) is 17.3 Å². The first-order valence-corrected chi connectivity index (χ1v) is 10.9. The fourth-order valence-electron chi connectivity index (χ4n) is 5.38. The molecular weight excluding hydrogens is 448 g/mol. The Morgan fingerprint density at radius 2 is 1.94 bits per heavy atom. The van der Waals surface area contributed by atoms with Gasteiger partial charge in [-0.1, -0.05) is 29.8 Å². The number of imide groups is 1. The van der Waals surface area contributed by atoms with Gasteiger partial charge in [0.05, 0.1) is 24.6 Å². The predicted molar refractivity (Wildman–Crippen MR) is 120 cm³/mol. The number of anilines is 2. The van der Waals surface area contributed by atoms with E-state index in [4.69, 9.17) is 22.1 Å². The zero-order valence-corrected chi connectivity index (χ0v) is 18.4. The number of carbonyl (C=O) groups is 4. The second kappa shape index (κ2) is 7.57. The van der Waals surface area contributed by atoms with Crippen molar-refractivity contribution < 1.29 is 23.9 Å². The molecule has 0 unspecified atom stereocenters. The molecule has 0 bridgehead atoms. The number of carbonyl (C=O) groups excluding carboxylic acids is 4. The van der Waals surface area contributed by atoms with Crippen LogP contribution in [0.3, 0.4) is 0 Å².